The summed E-state index contributed by atoms with van der Waals surface area (Å²) in [5.41, 5.74) is 0.461. The molecule has 0 aromatic heterocycles. The minimum absolute atomic E-state index is 0.0312. The maximum Gasteiger partial charge on any atom is 0.240 e. The summed E-state index contributed by atoms with van der Waals surface area (Å²) in [6, 6.07) is 21.9. The van der Waals surface area contributed by atoms with Crippen LogP contribution in [0.2, 0.25) is 5.02 Å². The Kier molecular flexibility index (Phi) is 6.87. The molecule has 29 heavy (non-hydrogen) atoms. The van der Waals surface area contributed by atoms with Crippen LogP contribution in [-0.2, 0) is 14.8 Å². The smallest absolute Gasteiger partial charge is 0.240 e. The van der Waals surface area contributed by atoms with E-state index in [0.29, 0.717) is 22.2 Å². The van der Waals surface area contributed by atoms with Gasteiger partial charge in [-0.1, -0.05) is 54.1 Å². The molecule has 1 amide bonds. The van der Waals surface area contributed by atoms with E-state index in [1.165, 1.54) is 12.1 Å². The summed E-state index contributed by atoms with van der Waals surface area (Å²) < 4.78 is 32.6. The maximum absolute atomic E-state index is 12.3. The molecule has 0 saturated heterocycles. The normalized spacial score (nSPS) is 11.1. The van der Waals surface area contributed by atoms with Crippen molar-refractivity contribution in [3.05, 3.63) is 83.9 Å². The van der Waals surface area contributed by atoms with Crippen molar-refractivity contribution < 1.29 is 17.9 Å². The summed E-state index contributed by atoms with van der Waals surface area (Å²) in [4.78, 5) is 12.4. The second-order valence-corrected chi connectivity index (χ2v) is 8.21. The SMILES string of the molecule is O=C(CCNS(=O)(=O)c1ccccc1)Nc1ccccc1Oc1ccccc1Cl. The van der Waals surface area contributed by atoms with Crippen molar-refractivity contribution >= 4 is 33.2 Å². The van der Waals surface area contributed by atoms with Gasteiger partial charge in [0.25, 0.3) is 0 Å². The molecule has 3 aromatic rings. The number of carbonyl (C=O) groups excluding carboxylic acids is 1. The second-order valence-electron chi connectivity index (χ2n) is 6.04. The summed E-state index contributed by atoms with van der Waals surface area (Å²) in [6.07, 6.45) is -0.0352. The molecule has 0 unspecified atom stereocenters. The highest BCUT2D eigenvalue weighted by atomic mass is 35.5. The first-order chi connectivity index (χ1) is 14.0. The minimum Gasteiger partial charge on any atom is -0.454 e. The Morgan fingerprint density at radius 2 is 1.48 bits per heavy atom. The van der Waals surface area contributed by atoms with Crippen LogP contribution < -0.4 is 14.8 Å². The molecular weight excluding hydrogens is 412 g/mol. The van der Waals surface area contributed by atoms with E-state index in [2.05, 4.69) is 10.0 Å². The lowest BCUT2D eigenvalue weighted by atomic mass is 10.2. The topological polar surface area (TPSA) is 84.5 Å². The number of nitrogens with one attached hydrogen (secondary N) is 2. The third-order valence-corrected chi connectivity index (χ3v) is 5.70. The number of hydrogen-bond acceptors (Lipinski definition) is 4. The first kappa shape index (κ1) is 20.9. The molecule has 0 atom stereocenters. The van der Waals surface area contributed by atoms with Crippen LogP contribution in [0.4, 0.5) is 5.69 Å². The van der Waals surface area contributed by atoms with Crippen LogP contribution in [0.1, 0.15) is 6.42 Å². The van der Waals surface area contributed by atoms with Crippen molar-refractivity contribution in [2.24, 2.45) is 0 Å². The fourth-order valence-electron chi connectivity index (χ4n) is 2.50. The molecule has 0 bridgehead atoms. The maximum atomic E-state index is 12.3. The van der Waals surface area contributed by atoms with E-state index in [9.17, 15) is 13.2 Å². The number of halogens is 1. The number of amides is 1. The number of para-hydroxylation sites is 3. The summed E-state index contributed by atoms with van der Waals surface area (Å²) in [5.74, 6) is 0.543. The summed E-state index contributed by atoms with van der Waals surface area (Å²) in [5, 5.41) is 3.18. The molecule has 3 aromatic carbocycles. The third kappa shape index (κ3) is 5.80. The van der Waals surface area contributed by atoms with E-state index < -0.39 is 10.0 Å². The first-order valence-electron chi connectivity index (χ1n) is 8.82. The quantitative estimate of drug-likeness (QED) is 0.553. The van der Waals surface area contributed by atoms with Crippen LogP contribution in [0.5, 0.6) is 11.5 Å². The van der Waals surface area contributed by atoms with Crippen LogP contribution in [0, 0.1) is 0 Å². The van der Waals surface area contributed by atoms with Gasteiger partial charge in [-0.15, -0.1) is 0 Å². The van der Waals surface area contributed by atoms with E-state index >= 15 is 0 Å². The average molecular weight is 431 g/mol. The van der Waals surface area contributed by atoms with Gasteiger partial charge in [-0.3, -0.25) is 4.79 Å². The molecule has 0 radical (unpaired) electrons. The number of carbonyl (C=O) groups is 1. The molecule has 6 nitrogen and oxygen atoms in total. The molecule has 0 aliphatic carbocycles. The van der Waals surface area contributed by atoms with Crippen molar-refractivity contribution in [2.45, 2.75) is 11.3 Å². The minimum atomic E-state index is -3.65. The van der Waals surface area contributed by atoms with Gasteiger partial charge in [-0.25, -0.2) is 13.1 Å². The van der Waals surface area contributed by atoms with E-state index in [0.717, 1.165) is 0 Å². The van der Waals surface area contributed by atoms with Gasteiger partial charge in [-0.05, 0) is 36.4 Å². The van der Waals surface area contributed by atoms with Crippen LogP contribution in [0.3, 0.4) is 0 Å². The summed E-state index contributed by atoms with van der Waals surface area (Å²) >= 11 is 6.12. The molecule has 0 fully saturated rings. The lowest BCUT2D eigenvalue weighted by molar-refractivity contribution is -0.116. The number of benzene rings is 3. The van der Waals surface area contributed by atoms with Gasteiger partial charge in [0.1, 0.15) is 5.75 Å². The Hall–Kier alpha value is -2.87. The van der Waals surface area contributed by atoms with Crippen LogP contribution >= 0.6 is 11.6 Å². The lowest BCUT2D eigenvalue weighted by Gasteiger charge is -2.13. The Bertz CT molecular complexity index is 1090. The van der Waals surface area contributed by atoms with E-state index in [-0.39, 0.29) is 23.8 Å². The Morgan fingerprint density at radius 3 is 2.21 bits per heavy atom. The van der Waals surface area contributed by atoms with Crippen molar-refractivity contribution in [1.29, 1.82) is 0 Å². The molecule has 2 N–H and O–H groups in total. The predicted molar refractivity (Wildman–Crippen MR) is 113 cm³/mol. The van der Waals surface area contributed by atoms with Crippen molar-refractivity contribution in [1.82, 2.24) is 4.72 Å². The molecule has 0 spiro atoms. The summed E-state index contributed by atoms with van der Waals surface area (Å²) in [6.45, 7) is -0.0312. The zero-order valence-electron chi connectivity index (χ0n) is 15.3. The highest BCUT2D eigenvalue weighted by Gasteiger charge is 2.14. The fourth-order valence-corrected chi connectivity index (χ4v) is 3.73. The van der Waals surface area contributed by atoms with E-state index in [4.69, 9.17) is 16.3 Å². The zero-order valence-corrected chi connectivity index (χ0v) is 16.9. The van der Waals surface area contributed by atoms with E-state index in [1.807, 2.05) is 0 Å². The predicted octanol–water partition coefficient (Wildman–Crippen LogP) is 4.44. The van der Waals surface area contributed by atoms with Gasteiger partial charge in [0.05, 0.1) is 15.6 Å². The molecule has 150 valence electrons. The Balaban J connectivity index is 1.59. The van der Waals surface area contributed by atoms with Crippen molar-refractivity contribution in [3.63, 3.8) is 0 Å². The molecule has 0 saturated carbocycles. The van der Waals surface area contributed by atoms with Gasteiger partial charge in [0.2, 0.25) is 15.9 Å². The third-order valence-electron chi connectivity index (χ3n) is 3.92. The van der Waals surface area contributed by atoms with Gasteiger partial charge < -0.3 is 10.1 Å². The zero-order chi connectivity index (χ0) is 20.7. The van der Waals surface area contributed by atoms with Gasteiger partial charge in [0.15, 0.2) is 5.75 Å². The van der Waals surface area contributed by atoms with E-state index in [1.54, 1.807) is 66.7 Å². The van der Waals surface area contributed by atoms with Gasteiger partial charge in [0, 0.05) is 13.0 Å². The van der Waals surface area contributed by atoms with Crippen LogP contribution in [0.15, 0.2) is 83.8 Å². The number of rotatable bonds is 8. The fraction of sp³-hybridized carbons (Fsp3) is 0.0952. The molecule has 8 heteroatoms. The monoisotopic (exact) mass is 430 g/mol. The first-order valence-corrected chi connectivity index (χ1v) is 10.7. The van der Waals surface area contributed by atoms with Crippen molar-refractivity contribution in [2.75, 3.05) is 11.9 Å². The highest BCUT2D eigenvalue weighted by molar-refractivity contribution is 7.89. The number of sulfonamides is 1. The second kappa shape index (κ2) is 9.56. The number of ether oxygens (including phenoxy) is 1. The highest BCUT2D eigenvalue weighted by Crippen LogP contribution is 2.33. The number of hydrogen-bond donors (Lipinski definition) is 2. The van der Waals surface area contributed by atoms with Gasteiger partial charge >= 0.3 is 0 Å². The summed E-state index contributed by atoms with van der Waals surface area (Å²) in [7, 11) is -3.65. The van der Waals surface area contributed by atoms with Crippen LogP contribution in [0.25, 0.3) is 0 Å². The molecule has 3 rings (SSSR count). The molecule has 0 heterocycles. The Morgan fingerprint density at radius 1 is 0.862 bits per heavy atom. The van der Waals surface area contributed by atoms with Crippen molar-refractivity contribution in [3.8, 4) is 11.5 Å². The van der Waals surface area contributed by atoms with Gasteiger partial charge in [-0.2, -0.15) is 0 Å². The molecular formula is C21H19ClN2O4S. The number of anilines is 1. The standard InChI is InChI=1S/C21H19ClN2O4S/c22-17-10-4-6-12-19(17)28-20-13-7-5-11-18(20)24-21(25)14-15-23-29(26,27)16-8-2-1-3-9-16/h1-13,23H,14-15H2,(H,24,25). The average Bonchev–Trinajstić information content (AvgIpc) is 2.71. The molecule has 0 aliphatic rings. The molecule has 0 aliphatic heterocycles. The van der Waals surface area contributed by atoms with Crippen LogP contribution in [-0.4, -0.2) is 20.9 Å². The Labute approximate surface area is 174 Å². The largest absolute Gasteiger partial charge is 0.454 e. The lowest BCUT2D eigenvalue weighted by Crippen LogP contribution is -2.27.